The maximum atomic E-state index is 12.3. The number of aromatic nitrogens is 1. The molecular weight excluding hydrogens is 360 g/mol. The molecule has 0 unspecified atom stereocenters. The van der Waals surface area contributed by atoms with Crippen molar-refractivity contribution >= 4 is 29.1 Å². The predicted molar refractivity (Wildman–Crippen MR) is 95.9 cm³/mol. The van der Waals surface area contributed by atoms with Crippen LogP contribution in [0.2, 0.25) is 5.02 Å². The summed E-state index contributed by atoms with van der Waals surface area (Å²) in [5.41, 5.74) is 0.688. The fourth-order valence-electron chi connectivity index (χ4n) is 2.24. The Morgan fingerprint density at radius 1 is 1.35 bits per heavy atom. The van der Waals surface area contributed by atoms with Gasteiger partial charge < -0.3 is 10.2 Å². The Kier molecular flexibility index (Phi) is 6.24. The van der Waals surface area contributed by atoms with Crippen molar-refractivity contribution in [2.45, 2.75) is 13.0 Å². The van der Waals surface area contributed by atoms with Crippen molar-refractivity contribution in [3.63, 3.8) is 0 Å². The lowest BCUT2D eigenvalue weighted by Gasteiger charge is -2.25. The summed E-state index contributed by atoms with van der Waals surface area (Å²) in [4.78, 5) is 40.0. The van der Waals surface area contributed by atoms with Gasteiger partial charge in [-0.3, -0.25) is 24.7 Å². The minimum absolute atomic E-state index is 0.0458. The molecule has 1 atom stereocenters. The Morgan fingerprint density at radius 3 is 2.73 bits per heavy atom. The number of likely N-dealkylation sites (N-methyl/N-ethyl adjacent to an activating group) is 1. The van der Waals surface area contributed by atoms with Crippen LogP contribution in [0.15, 0.2) is 42.6 Å². The van der Waals surface area contributed by atoms with Crippen molar-refractivity contribution in [3.8, 4) is 0 Å². The van der Waals surface area contributed by atoms with Crippen molar-refractivity contribution in [1.82, 2.24) is 15.2 Å². The summed E-state index contributed by atoms with van der Waals surface area (Å²) in [5.74, 6) is -0.864. The number of nitrogens with one attached hydrogen (secondary N) is 1. The van der Waals surface area contributed by atoms with Crippen LogP contribution in [0.1, 0.15) is 29.0 Å². The highest BCUT2D eigenvalue weighted by atomic mass is 35.5. The quantitative estimate of drug-likeness (QED) is 0.616. The first-order valence-electron chi connectivity index (χ1n) is 7.69. The number of benzene rings is 1. The average molecular weight is 377 g/mol. The van der Waals surface area contributed by atoms with E-state index in [1.165, 1.54) is 35.4 Å². The molecule has 0 fully saturated rings. The Bertz CT molecular complexity index is 843. The smallest absolute Gasteiger partial charge is 0.270 e. The van der Waals surface area contributed by atoms with Crippen molar-refractivity contribution < 1.29 is 14.5 Å². The zero-order chi connectivity index (χ0) is 19.3. The number of hydrogen-bond donors (Lipinski definition) is 1. The standard InChI is InChI=1S/C17H17ClN4O4/c1-11(12-4-3-5-14(8-12)22(25)26)21(2)16(23)10-20-17(24)15-9-13(18)6-7-19-15/h3-9,11H,10H2,1-2H3,(H,20,24)/t11-/m0/s1. The number of rotatable bonds is 6. The van der Waals surface area contributed by atoms with Crippen molar-refractivity contribution in [1.29, 1.82) is 0 Å². The number of non-ortho nitro benzene ring substituents is 1. The van der Waals surface area contributed by atoms with E-state index in [0.717, 1.165) is 0 Å². The molecule has 2 amide bonds. The van der Waals surface area contributed by atoms with E-state index in [-0.39, 0.29) is 23.8 Å². The zero-order valence-electron chi connectivity index (χ0n) is 14.2. The summed E-state index contributed by atoms with van der Waals surface area (Å²) in [6.07, 6.45) is 1.40. The highest BCUT2D eigenvalue weighted by molar-refractivity contribution is 6.30. The molecular formula is C17H17ClN4O4. The highest BCUT2D eigenvalue weighted by Gasteiger charge is 2.20. The maximum Gasteiger partial charge on any atom is 0.270 e. The van der Waals surface area contributed by atoms with Crippen LogP contribution in [0.3, 0.4) is 0 Å². The molecule has 1 aromatic carbocycles. The van der Waals surface area contributed by atoms with Crippen LogP contribution in [0.5, 0.6) is 0 Å². The fourth-order valence-corrected chi connectivity index (χ4v) is 2.40. The van der Waals surface area contributed by atoms with Gasteiger partial charge in [-0.05, 0) is 24.6 Å². The van der Waals surface area contributed by atoms with Gasteiger partial charge in [0.05, 0.1) is 17.5 Å². The lowest BCUT2D eigenvalue weighted by Crippen LogP contribution is -2.39. The summed E-state index contributed by atoms with van der Waals surface area (Å²) in [6, 6.07) is 8.61. The SMILES string of the molecule is C[C@@H](c1cccc([N+](=O)[O-])c1)N(C)C(=O)CNC(=O)c1cc(Cl)ccn1. The lowest BCUT2D eigenvalue weighted by atomic mass is 10.1. The van der Waals surface area contributed by atoms with Gasteiger partial charge in [0.15, 0.2) is 0 Å². The molecule has 0 aliphatic carbocycles. The minimum Gasteiger partial charge on any atom is -0.342 e. The van der Waals surface area contributed by atoms with E-state index < -0.39 is 16.9 Å². The van der Waals surface area contributed by atoms with E-state index in [0.29, 0.717) is 10.6 Å². The normalized spacial score (nSPS) is 11.5. The number of hydrogen-bond acceptors (Lipinski definition) is 5. The molecule has 0 spiro atoms. The van der Waals surface area contributed by atoms with Crippen LogP contribution in [0.4, 0.5) is 5.69 Å². The largest absolute Gasteiger partial charge is 0.342 e. The summed E-state index contributed by atoms with van der Waals surface area (Å²) in [6.45, 7) is 1.51. The van der Waals surface area contributed by atoms with E-state index in [1.807, 2.05) is 0 Å². The van der Waals surface area contributed by atoms with Gasteiger partial charge in [-0.25, -0.2) is 0 Å². The predicted octanol–water partition coefficient (Wildman–Crippen LogP) is 2.59. The van der Waals surface area contributed by atoms with Crippen molar-refractivity contribution in [2.24, 2.45) is 0 Å². The topological polar surface area (TPSA) is 105 Å². The second-order valence-corrected chi connectivity index (χ2v) is 6.01. The van der Waals surface area contributed by atoms with E-state index in [2.05, 4.69) is 10.3 Å². The monoisotopic (exact) mass is 376 g/mol. The molecule has 26 heavy (non-hydrogen) atoms. The van der Waals surface area contributed by atoms with E-state index >= 15 is 0 Å². The Balaban J connectivity index is 1.99. The molecule has 0 bridgehead atoms. The van der Waals surface area contributed by atoms with Crippen LogP contribution in [0, 0.1) is 10.1 Å². The molecule has 0 saturated carbocycles. The molecule has 2 rings (SSSR count). The molecule has 0 aliphatic rings. The Morgan fingerprint density at radius 2 is 2.08 bits per heavy atom. The average Bonchev–Trinajstić information content (AvgIpc) is 2.64. The zero-order valence-corrected chi connectivity index (χ0v) is 14.9. The first kappa shape index (κ1) is 19.3. The van der Waals surface area contributed by atoms with Crippen LogP contribution >= 0.6 is 11.6 Å². The highest BCUT2D eigenvalue weighted by Crippen LogP contribution is 2.22. The molecule has 1 heterocycles. The molecule has 0 aliphatic heterocycles. The van der Waals surface area contributed by atoms with Gasteiger partial charge in [-0.1, -0.05) is 23.7 Å². The van der Waals surface area contributed by atoms with Gasteiger partial charge in [-0.15, -0.1) is 0 Å². The molecule has 136 valence electrons. The van der Waals surface area contributed by atoms with E-state index in [9.17, 15) is 19.7 Å². The maximum absolute atomic E-state index is 12.3. The minimum atomic E-state index is -0.516. The summed E-state index contributed by atoms with van der Waals surface area (Å²) < 4.78 is 0. The molecule has 0 radical (unpaired) electrons. The second kappa shape index (κ2) is 8.39. The van der Waals surface area contributed by atoms with E-state index in [1.54, 1.807) is 26.1 Å². The van der Waals surface area contributed by atoms with Gasteiger partial charge in [0.1, 0.15) is 5.69 Å². The van der Waals surface area contributed by atoms with Gasteiger partial charge in [0.25, 0.3) is 11.6 Å². The number of halogens is 1. The van der Waals surface area contributed by atoms with Crippen LogP contribution in [-0.4, -0.2) is 40.2 Å². The number of nitro groups is 1. The summed E-state index contributed by atoms with van der Waals surface area (Å²) in [7, 11) is 1.57. The number of carbonyl (C=O) groups is 2. The number of nitro benzene ring substituents is 1. The van der Waals surface area contributed by atoms with Crippen LogP contribution in [-0.2, 0) is 4.79 Å². The molecule has 0 saturated heterocycles. The first-order chi connectivity index (χ1) is 12.3. The molecule has 1 aromatic heterocycles. The molecule has 9 heteroatoms. The third kappa shape index (κ3) is 4.76. The molecule has 8 nitrogen and oxygen atoms in total. The van der Waals surface area contributed by atoms with E-state index in [4.69, 9.17) is 11.6 Å². The van der Waals surface area contributed by atoms with Crippen molar-refractivity contribution in [3.05, 3.63) is 69.0 Å². The van der Waals surface area contributed by atoms with Gasteiger partial charge in [0.2, 0.25) is 5.91 Å². The third-order valence-electron chi connectivity index (χ3n) is 3.89. The van der Waals surface area contributed by atoms with Crippen LogP contribution in [0.25, 0.3) is 0 Å². The molecule has 2 aromatic rings. The molecule has 1 N–H and O–H groups in total. The fraction of sp³-hybridized carbons (Fsp3) is 0.235. The van der Waals surface area contributed by atoms with Crippen molar-refractivity contribution in [2.75, 3.05) is 13.6 Å². The summed E-state index contributed by atoms with van der Waals surface area (Å²) >= 11 is 5.80. The summed E-state index contributed by atoms with van der Waals surface area (Å²) in [5, 5.41) is 13.7. The Labute approximate surface area is 154 Å². The third-order valence-corrected chi connectivity index (χ3v) is 4.13. The number of amides is 2. The van der Waals surface area contributed by atoms with Gasteiger partial charge >= 0.3 is 0 Å². The van der Waals surface area contributed by atoms with Crippen LogP contribution < -0.4 is 5.32 Å². The van der Waals surface area contributed by atoms with Gasteiger partial charge in [0, 0.05) is 30.4 Å². The second-order valence-electron chi connectivity index (χ2n) is 5.57. The lowest BCUT2D eigenvalue weighted by molar-refractivity contribution is -0.384. The first-order valence-corrected chi connectivity index (χ1v) is 8.07. The number of pyridine rings is 1. The van der Waals surface area contributed by atoms with Gasteiger partial charge in [-0.2, -0.15) is 0 Å². The number of carbonyl (C=O) groups excluding carboxylic acids is 2. The Hall–Kier alpha value is -3.00. The number of nitrogens with zero attached hydrogens (tertiary/aromatic N) is 3.